The maximum atomic E-state index is 12.7. The van der Waals surface area contributed by atoms with E-state index in [-0.39, 0.29) is 29.9 Å². The highest BCUT2D eigenvalue weighted by atomic mass is 127. The predicted molar refractivity (Wildman–Crippen MR) is 130 cm³/mol. The Morgan fingerprint density at radius 2 is 1.86 bits per heavy atom. The molecule has 1 heterocycles. The molecular weight excluding hydrogens is 497 g/mol. The topological polar surface area (TPSA) is 80.5 Å². The maximum absolute atomic E-state index is 12.7. The summed E-state index contributed by atoms with van der Waals surface area (Å²) >= 11 is 1.94. The summed E-state index contributed by atoms with van der Waals surface area (Å²) < 4.78 is 0. The van der Waals surface area contributed by atoms with Gasteiger partial charge in [-0.3, -0.25) is 9.79 Å². The number of carbonyl (C=O) groups excluding carboxylic acids is 1. The van der Waals surface area contributed by atoms with Crippen LogP contribution >= 0.6 is 35.7 Å². The summed E-state index contributed by atoms with van der Waals surface area (Å²) in [6, 6.07) is 10.0. The van der Waals surface area contributed by atoms with Crippen LogP contribution < -0.4 is 10.6 Å². The van der Waals surface area contributed by atoms with Gasteiger partial charge < -0.3 is 15.5 Å². The van der Waals surface area contributed by atoms with Gasteiger partial charge in [0.2, 0.25) is 5.91 Å². The summed E-state index contributed by atoms with van der Waals surface area (Å²) in [5.74, 6) is 3.48. The average Bonchev–Trinajstić information content (AvgIpc) is 2.77. The second-order valence-corrected chi connectivity index (χ2v) is 8.59. The van der Waals surface area contributed by atoms with E-state index in [1.165, 1.54) is 0 Å². The molecule has 0 atom stereocenters. The normalized spacial score (nSPS) is 22.2. The number of aliphatic imine (C=N–C) groups is 1. The van der Waals surface area contributed by atoms with Gasteiger partial charge in [0, 0.05) is 50.1 Å². The van der Waals surface area contributed by atoms with Crippen molar-refractivity contribution in [1.29, 1.82) is 5.26 Å². The third-order valence-corrected chi connectivity index (χ3v) is 6.45. The van der Waals surface area contributed by atoms with E-state index in [1.807, 2.05) is 36.0 Å². The van der Waals surface area contributed by atoms with E-state index in [0.717, 1.165) is 61.8 Å². The molecule has 0 spiro atoms. The van der Waals surface area contributed by atoms with Crippen LogP contribution in [-0.4, -0.2) is 54.5 Å². The standard InChI is InChI=1S/C21H29N5OS.HI/c1-23-21(24-15-17-4-2-16(14-22)3-5-17)25-19-8-6-18(7-9-19)20(27)26-10-12-28-13-11-26;/h2-5,18-19H,6-13,15H2,1H3,(H2,23,24,25);1H. The molecule has 0 bridgehead atoms. The molecule has 0 aromatic heterocycles. The first-order chi connectivity index (χ1) is 13.7. The lowest BCUT2D eigenvalue weighted by molar-refractivity contribution is -0.136. The van der Waals surface area contributed by atoms with E-state index in [4.69, 9.17) is 5.26 Å². The zero-order valence-corrected chi connectivity index (χ0v) is 20.0. The summed E-state index contributed by atoms with van der Waals surface area (Å²) in [5.41, 5.74) is 1.77. The number of nitrogens with zero attached hydrogens (tertiary/aromatic N) is 3. The van der Waals surface area contributed by atoms with Crippen molar-refractivity contribution in [2.24, 2.45) is 10.9 Å². The number of thioether (sulfide) groups is 1. The van der Waals surface area contributed by atoms with Crippen LogP contribution in [0, 0.1) is 17.2 Å². The van der Waals surface area contributed by atoms with Gasteiger partial charge in [-0.2, -0.15) is 17.0 Å². The second kappa shape index (κ2) is 12.3. The molecule has 1 aliphatic heterocycles. The Hall–Kier alpha value is -1.47. The highest BCUT2D eigenvalue weighted by molar-refractivity contribution is 14.0. The summed E-state index contributed by atoms with van der Waals surface area (Å²) in [5, 5.41) is 15.7. The molecular formula is C21H30IN5OS. The molecule has 1 amide bonds. The third kappa shape index (κ3) is 7.07. The molecule has 1 aliphatic carbocycles. The van der Waals surface area contributed by atoms with E-state index in [1.54, 1.807) is 7.05 Å². The number of hydrogen-bond acceptors (Lipinski definition) is 4. The van der Waals surface area contributed by atoms with Gasteiger partial charge in [0.15, 0.2) is 5.96 Å². The Morgan fingerprint density at radius 1 is 1.21 bits per heavy atom. The zero-order chi connectivity index (χ0) is 19.8. The fourth-order valence-corrected chi connectivity index (χ4v) is 4.70. The SMILES string of the molecule is CN=C(NCc1ccc(C#N)cc1)NC1CCC(C(=O)N2CCSCC2)CC1.I. The minimum atomic E-state index is 0. The third-order valence-electron chi connectivity index (χ3n) is 5.51. The number of amides is 1. The smallest absolute Gasteiger partial charge is 0.225 e. The molecule has 0 unspecified atom stereocenters. The van der Waals surface area contributed by atoms with Crippen molar-refractivity contribution in [1.82, 2.24) is 15.5 Å². The van der Waals surface area contributed by atoms with Crippen LogP contribution in [0.3, 0.4) is 0 Å². The molecule has 0 radical (unpaired) electrons. The molecule has 2 fully saturated rings. The Labute approximate surface area is 194 Å². The van der Waals surface area contributed by atoms with Crippen LogP contribution in [0.25, 0.3) is 0 Å². The van der Waals surface area contributed by atoms with Gasteiger partial charge in [-0.25, -0.2) is 0 Å². The Kier molecular flexibility index (Phi) is 10.1. The van der Waals surface area contributed by atoms with Crippen LogP contribution in [0.15, 0.2) is 29.3 Å². The first-order valence-corrected chi connectivity index (χ1v) is 11.2. The minimum Gasteiger partial charge on any atom is -0.354 e. The van der Waals surface area contributed by atoms with Crippen molar-refractivity contribution >= 4 is 47.6 Å². The van der Waals surface area contributed by atoms with Gasteiger partial charge in [0.05, 0.1) is 11.6 Å². The average molecular weight is 527 g/mol. The van der Waals surface area contributed by atoms with Crippen LogP contribution in [0.1, 0.15) is 36.8 Å². The van der Waals surface area contributed by atoms with Crippen molar-refractivity contribution < 1.29 is 4.79 Å². The predicted octanol–water partition coefficient (Wildman–Crippen LogP) is 2.98. The first-order valence-electron chi connectivity index (χ1n) is 10.0. The van der Waals surface area contributed by atoms with Crippen molar-refractivity contribution in [3.8, 4) is 6.07 Å². The number of hydrogen-bond donors (Lipinski definition) is 2. The molecule has 1 aromatic carbocycles. The van der Waals surface area contributed by atoms with Gasteiger partial charge in [-0.15, -0.1) is 24.0 Å². The molecule has 158 valence electrons. The van der Waals surface area contributed by atoms with Crippen molar-refractivity contribution in [2.45, 2.75) is 38.3 Å². The lowest BCUT2D eigenvalue weighted by Crippen LogP contribution is -2.47. The zero-order valence-electron chi connectivity index (χ0n) is 16.9. The maximum Gasteiger partial charge on any atom is 0.225 e. The lowest BCUT2D eigenvalue weighted by atomic mass is 9.85. The molecule has 6 nitrogen and oxygen atoms in total. The van der Waals surface area contributed by atoms with Gasteiger partial charge in [-0.05, 0) is 43.4 Å². The van der Waals surface area contributed by atoms with Crippen LogP contribution in [-0.2, 0) is 11.3 Å². The molecule has 29 heavy (non-hydrogen) atoms. The largest absolute Gasteiger partial charge is 0.354 e. The molecule has 1 saturated heterocycles. The van der Waals surface area contributed by atoms with E-state index in [2.05, 4.69) is 26.6 Å². The molecule has 8 heteroatoms. The Bertz CT molecular complexity index is 720. The number of rotatable bonds is 4. The molecule has 1 saturated carbocycles. The summed E-state index contributed by atoms with van der Waals surface area (Å²) in [7, 11) is 1.78. The fourth-order valence-electron chi connectivity index (χ4n) is 3.80. The summed E-state index contributed by atoms with van der Waals surface area (Å²) in [4.78, 5) is 19.1. The number of halogens is 1. The molecule has 2 N–H and O–H groups in total. The summed E-state index contributed by atoms with van der Waals surface area (Å²) in [6.45, 7) is 2.48. The monoisotopic (exact) mass is 527 g/mol. The van der Waals surface area contributed by atoms with Crippen LogP contribution in [0.2, 0.25) is 0 Å². The van der Waals surface area contributed by atoms with Crippen molar-refractivity contribution in [3.63, 3.8) is 0 Å². The van der Waals surface area contributed by atoms with Crippen molar-refractivity contribution in [2.75, 3.05) is 31.6 Å². The Morgan fingerprint density at radius 3 is 2.45 bits per heavy atom. The van der Waals surface area contributed by atoms with E-state index in [0.29, 0.717) is 24.1 Å². The van der Waals surface area contributed by atoms with E-state index < -0.39 is 0 Å². The number of carbonyl (C=O) groups is 1. The molecule has 1 aromatic rings. The highest BCUT2D eigenvalue weighted by Gasteiger charge is 2.30. The first kappa shape index (κ1) is 23.8. The van der Waals surface area contributed by atoms with E-state index >= 15 is 0 Å². The molecule has 3 rings (SSSR count). The Balaban J connectivity index is 0.00000300. The number of guanidine groups is 1. The van der Waals surface area contributed by atoms with Gasteiger partial charge in [-0.1, -0.05) is 12.1 Å². The lowest BCUT2D eigenvalue weighted by Gasteiger charge is -2.34. The number of benzene rings is 1. The van der Waals surface area contributed by atoms with Gasteiger partial charge in [0.1, 0.15) is 0 Å². The molecule has 2 aliphatic rings. The van der Waals surface area contributed by atoms with Gasteiger partial charge in [0.25, 0.3) is 0 Å². The van der Waals surface area contributed by atoms with E-state index in [9.17, 15) is 4.79 Å². The number of nitriles is 1. The fraction of sp³-hybridized carbons (Fsp3) is 0.571. The van der Waals surface area contributed by atoms with Gasteiger partial charge >= 0.3 is 0 Å². The van der Waals surface area contributed by atoms with Crippen LogP contribution in [0.5, 0.6) is 0 Å². The van der Waals surface area contributed by atoms with Crippen molar-refractivity contribution in [3.05, 3.63) is 35.4 Å². The van der Waals surface area contributed by atoms with Crippen LogP contribution in [0.4, 0.5) is 0 Å². The minimum absolute atomic E-state index is 0. The highest BCUT2D eigenvalue weighted by Crippen LogP contribution is 2.27. The number of nitrogens with one attached hydrogen (secondary N) is 2. The quantitative estimate of drug-likeness (QED) is 0.358. The second-order valence-electron chi connectivity index (χ2n) is 7.37. The summed E-state index contributed by atoms with van der Waals surface area (Å²) in [6.07, 6.45) is 3.90.